The third kappa shape index (κ3) is 7.40. The number of ether oxygens (including phenoxy) is 1. The van der Waals surface area contributed by atoms with Crippen molar-refractivity contribution in [2.45, 2.75) is 51.4 Å². The summed E-state index contributed by atoms with van der Waals surface area (Å²) in [6.45, 7) is 6.41. The first-order valence-electron chi connectivity index (χ1n) is 16.9. The lowest BCUT2D eigenvalue weighted by atomic mass is 9.76. The molecular weight excluding hydrogens is 642 g/mol. The first-order valence-corrected chi connectivity index (χ1v) is 16.9. The number of carbonyl (C=O) groups is 2. The van der Waals surface area contributed by atoms with E-state index in [0.717, 1.165) is 22.3 Å². The van der Waals surface area contributed by atoms with Crippen molar-refractivity contribution >= 4 is 28.9 Å². The van der Waals surface area contributed by atoms with Gasteiger partial charge in [-0.2, -0.15) is 0 Å². The molecule has 260 valence electrons. The molecule has 2 heterocycles. The second-order valence-corrected chi connectivity index (χ2v) is 13.3. The van der Waals surface area contributed by atoms with Crippen molar-refractivity contribution in [2.75, 3.05) is 11.9 Å². The number of anilines is 1. The molecule has 0 saturated carbocycles. The fourth-order valence-corrected chi connectivity index (χ4v) is 6.48. The normalized spacial score (nSPS) is 11.7. The molecule has 0 saturated heterocycles. The number of imidazole rings is 1. The summed E-state index contributed by atoms with van der Waals surface area (Å²) in [6.07, 6.45) is 5.09. The van der Waals surface area contributed by atoms with Gasteiger partial charge >= 0.3 is 12.1 Å². The summed E-state index contributed by atoms with van der Waals surface area (Å²) in [5.74, 6) is -0.655. The Bertz CT molecular complexity index is 2090. The third-order valence-corrected chi connectivity index (χ3v) is 8.65. The number of hydrogen-bond donors (Lipinski definition) is 3. The number of aromatic nitrogens is 3. The number of fused-ring (bicyclic) bond motifs is 1. The van der Waals surface area contributed by atoms with Crippen LogP contribution in [0, 0.1) is 0 Å². The molecule has 10 nitrogen and oxygen atoms in total. The minimum absolute atomic E-state index is 0.302. The molecule has 1 amide bonds. The Balaban J connectivity index is 1.34. The predicted octanol–water partition coefficient (Wildman–Crippen LogP) is 7.26. The maximum absolute atomic E-state index is 13.2. The van der Waals surface area contributed by atoms with Crippen LogP contribution in [-0.2, 0) is 23.4 Å². The van der Waals surface area contributed by atoms with Gasteiger partial charge in [-0.3, -0.25) is 9.36 Å². The number of pyridine rings is 1. The van der Waals surface area contributed by atoms with Gasteiger partial charge in [-0.15, -0.1) is 0 Å². The molecule has 0 aliphatic rings. The average molecular weight is 684 g/mol. The van der Waals surface area contributed by atoms with Crippen molar-refractivity contribution in [3.8, 4) is 0 Å². The predicted molar refractivity (Wildman–Crippen MR) is 198 cm³/mol. The zero-order chi connectivity index (χ0) is 36.0. The van der Waals surface area contributed by atoms with Gasteiger partial charge in [-0.25, -0.2) is 14.6 Å². The highest BCUT2D eigenvalue weighted by Gasteiger charge is 2.39. The number of nitrogens with one attached hydrogen (secondary N) is 2. The van der Waals surface area contributed by atoms with Crippen LogP contribution in [0.1, 0.15) is 59.8 Å². The molecule has 0 aliphatic heterocycles. The highest BCUT2D eigenvalue weighted by Crippen LogP contribution is 2.42. The number of amides is 1. The Kier molecular flexibility index (Phi) is 10.0. The van der Waals surface area contributed by atoms with Crippen LogP contribution in [0.25, 0.3) is 10.9 Å². The van der Waals surface area contributed by atoms with Gasteiger partial charge in [0.05, 0.1) is 5.52 Å². The molecule has 0 bridgehead atoms. The largest absolute Gasteiger partial charge is 0.477 e. The van der Waals surface area contributed by atoms with Gasteiger partial charge in [0.25, 0.3) is 0 Å². The Hall–Kier alpha value is -6.16. The molecule has 6 rings (SSSR count). The van der Waals surface area contributed by atoms with Crippen LogP contribution in [0.3, 0.4) is 0 Å². The number of carboxylic acid groups (broad SMARTS) is 1. The van der Waals surface area contributed by atoms with E-state index in [2.05, 4.69) is 51.6 Å². The van der Waals surface area contributed by atoms with E-state index < -0.39 is 28.6 Å². The highest BCUT2D eigenvalue weighted by molar-refractivity contribution is 5.92. The first-order chi connectivity index (χ1) is 24.6. The molecule has 3 N–H and O–H groups in total. The summed E-state index contributed by atoms with van der Waals surface area (Å²) < 4.78 is 9.22. The van der Waals surface area contributed by atoms with Crippen LogP contribution in [0.5, 0.6) is 0 Å². The molecule has 4 aromatic carbocycles. The van der Waals surface area contributed by atoms with Gasteiger partial charge < -0.3 is 25.0 Å². The lowest BCUT2D eigenvalue weighted by molar-refractivity contribution is 0.0526. The second kappa shape index (κ2) is 14.8. The highest BCUT2D eigenvalue weighted by atomic mass is 16.6. The minimum Gasteiger partial charge on any atom is -0.477 e. The number of aryl methyl sites for hydroxylation is 1. The van der Waals surface area contributed by atoms with Crippen LogP contribution >= 0.6 is 0 Å². The summed E-state index contributed by atoms with van der Waals surface area (Å²) in [5, 5.41) is 16.4. The molecule has 2 aromatic heterocycles. The van der Waals surface area contributed by atoms with E-state index in [9.17, 15) is 19.5 Å². The van der Waals surface area contributed by atoms with Crippen molar-refractivity contribution in [3.05, 3.63) is 166 Å². The van der Waals surface area contributed by atoms with E-state index in [1.807, 2.05) is 72.9 Å². The van der Waals surface area contributed by atoms with Gasteiger partial charge in [0.2, 0.25) is 11.4 Å². The van der Waals surface area contributed by atoms with Crippen molar-refractivity contribution in [3.63, 3.8) is 0 Å². The topological polar surface area (TPSA) is 127 Å². The number of alkyl carbamates (subject to hydrolysis) is 1. The van der Waals surface area contributed by atoms with Crippen LogP contribution in [0.15, 0.2) is 133 Å². The minimum atomic E-state index is -1.29. The van der Waals surface area contributed by atoms with Crippen molar-refractivity contribution in [1.82, 2.24) is 19.4 Å². The zero-order valence-electron chi connectivity index (χ0n) is 28.9. The molecule has 0 aliphatic carbocycles. The Labute approximate surface area is 296 Å². The fourth-order valence-electron chi connectivity index (χ4n) is 6.48. The van der Waals surface area contributed by atoms with Gasteiger partial charge in [0, 0.05) is 43.6 Å². The van der Waals surface area contributed by atoms with Gasteiger partial charge in [-0.1, -0.05) is 97.1 Å². The number of aromatic carboxylic acids is 1. The maximum Gasteiger partial charge on any atom is 0.407 e. The van der Waals surface area contributed by atoms with E-state index in [-0.39, 0.29) is 5.56 Å². The quantitative estimate of drug-likeness (QED) is 0.0915. The lowest BCUT2D eigenvalue weighted by Gasteiger charge is -2.38. The number of benzene rings is 4. The van der Waals surface area contributed by atoms with Crippen LogP contribution in [0.4, 0.5) is 10.7 Å². The van der Waals surface area contributed by atoms with E-state index >= 15 is 0 Å². The Morgan fingerprint density at radius 2 is 1.43 bits per heavy atom. The lowest BCUT2D eigenvalue weighted by Crippen LogP contribution is -2.38. The zero-order valence-corrected chi connectivity index (χ0v) is 28.9. The van der Waals surface area contributed by atoms with Crippen LogP contribution in [0.2, 0.25) is 0 Å². The number of carboxylic acids is 1. The van der Waals surface area contributed by atoms with E-state index in [4.69, 9.17) is 9.72 Å². The molecule has 0 unspecified atom stereocenters. The van der Waals surface area contributed by atoms with E-state index in [1.165, 1.54) is 6.20 Å². The summed E-state index contributed by atoms with van der Waals surface area (Å²) in [4.78, 5) is 42.1. The van der Waals surface area contributed by atoms with Gasteiger partial charge in [-0.05, 0) is 61.6 Å². The van der Waals surface area contributed by atoms with Crippen LogP contribution in [-0.4, -0.2) is 43.4 Å². The molecule has 0 atom stereocenters. The number of hydrogen-bond acceptors (Lipinski definition) is 6. The fraction of sp³-hybridized carbons (Fsp3) is 0.220. The summed E-state index contributed by atoms with van der Waals surface area (Å²) in [5.41, 5.74) is 2.41. The molecular formula is C41H41N5O5. The SMILES string of the molecule is CC(C)(C)OC(=O)NCCCn1cc(C(=O)O)c(=O)c2ccc(CNc3nccn3C(c3ccccc3)(c3ccccc3)c3ccccc3)cc21. The third-order valence-electron chi connectivity index (χ3n) is 8.65. The Morgan fingerprint density at radius 1 is 0.843 bits per heavy atom. The van der Waals surface area contributed by atoms with Crippen molar-refractivity contribution < 1.29 is 19.4 Å². The summed E-state index contributed by atoms with van der Waals surface area (Å²) in [6, 6.07) is 36.4. The van der Waals surface area contributed by atoms with Gasteiger partial charge in [0.15, 0.2) is 0 Å². The first kappa shape index (κ1) is 34.7. The molecule has 0 spiro atoms. The van der Waals surface area contributed by atoms with Crippen molar-refractivity contribution in [1.29, 1.82) is 0 Å². The number of nitrogens with zero attached hydrogens (tertiary/aromatic N) is 3. The number of carbonyl (C=O) groups excluding carboxylic acids is 1. The Morgan fingerprint density at radius 3 is 1.98 bits per heavy atom. The average Bonchev–Trinajstić information content (AvgIpc) is 3.59. The van der Waals surface area contributed by atoms with Crippen molar-refractivity contribution in [2.24, 2.45) is 0 Å². The van der Waals surface area contributed by atoms with Crippen LogP contribution < -0.4 is 16.1 Å². The molecule has 10 heteroatoms. The monoisotopic (exact) mass is 683 g/mol. The molecule has 0 fully saturated rings. The van der Waals surface area contributed by atoms with E-state index in [1.54, 1.807) is 37.6 Å². The smallest absolute Gasteiger partial charge is 0.407 e. The molecule has 0 radical (unpaired) electrons. The van der Waals surface area contributed by atoms with Gasteiger partial charge in [0.1, 0.15) is 16.7 Å². The summed E-state index contributed by atoms with van der Waals surface area (Å²) in [7, 11) is 0. The maximum atomic E-state index is 13.2. The van der Waals surface area contributed by atoms with E-state index in [0.29, 0.717) is 42.9 Å². The number of rotatable bonds is 12. The second-order valence-electron chi connectivity index (χ2n) is 13.3. The standard InChI is InChI=1S/C41H41N5O5/c1-40(2,3)51-39(50)43-22-13-24-45-28-34(37(48)49)36(47)33-21-20-29(26-35(33)45)27-44-38-42-23-25-46(38)41(30-14-7-4-8-15-30,31-16-9-5-10-17-31)32-18-11-6-12-19-32/h4-12,14-21,23,25-26,28H,13,22,24,27H2,1-3H3,(H,42,44)(H,43,50)(H,48,49). The summed E-state index contributed by atoms with van der Waals surface area (Å²) >= 11 is 0. The molecule has 51 heavy (non-hydrogen) atoms. The molecule has 6 aromatic rings.